The smallest absolute Gasteiger partial charge is 0.0991 e. The Labute approximate surface area is 88.9 Å². The molecule has 3 heteroatoms. The van der Waals surface area contributed by atoms with Crippen LogP contribution in [0.2, 0.25) is 0 Å². The van der Waals surface area contributed by atoms with Gasteiger partial charge in [0.15, 0.2) is 0 Å². The fourth-order valence-electron chi connectivity index (χ4n) is 1.96. The highest BCUT2D eigenvalue weighted by atomic mass is 16.5. The SMILES string of the molecule is N#Cc1ccc2c(c1)CCO[C@H]2CCO. The van der Waals surface area contributed by atoms with Crippen molar-refractivity contribution in [3.8, 4) is 6.07 Å². The van der Waals surface area contributed by atoms with Crippen molar-refractivity contribution in [2.45, 2.75) is 18.9 Å². The molecular formula is C12H13NO2. The van der Waals surface area contributed by atoms with Crippen molar-refractivity contribution >= 4 is 0 Å². The van der Waals surface area contributed by atoms with E-state index in [-0.39, 0.29) is 12.7 Å². The van der Waals surface area contributed by atoms with Crippen LogP contribution < -0.4 is 0 Å². The highest BCUT2D eigenvalue weighted by Gasteiger charge is 2.20. The number of aliphatic hydroxyl groups excluding tert-OH is 1. The van der Waals surface area contributed by atoms with E-state index in [1.807, 2.05) is 12.1 Å². The minimum absolute atomic E-state index is 0.00788. The lowest BCUT2D eigenvalue weighted by atomic mass is 9.94. The average molecular weight is 203 g/mol. The zero-order chi connectivity index (χ0) is 10.7. The maximum absolute atomic E-state index is 8.91. The van der Waals surface area contributed by atoms with Crippen molar-refractivity contribution < 1.29 is 9.84 Å². The molecule has 1 aliphatic heterocycles. The van der Waals surface area contributed by atoms with E-state index in [4.69, 9.17) is 15.1 Å². The molecule has 0 aliphatic carbocycles. The first-order valence-corrected chi connectivity index (χ1v) is 5.10. The Bertz CT molecular complexity index is 395. The molecule has 3 nitrogen and oxygen atoms in total. The van der Waals surface area contributed by atoms with E-state index in [2.05, 4.69) is 6.07 Å². The second-order valence-electron chi connectivity index (χ2n) is 3.65. The molecule has 0 aromatic heterocycles. The first-order chi connectivity index (χ1) is 7.35. The third kappa shape index (κ3) is 2.01. The lowest BCUT2D eigenvalue weighted by Gasteiger charge is -2.25. The monoisotopic (exact) mass is 203 g/mol. The van der Waals surface area contributed by atoms with E-state index >= 15 is 0 Å². The molecular weight excluding hydrogens is 190 g/mol. The van der Waals surface area contributed by atoms with E-state index in [0.717, 1.165) is 12.0 Å². The quantitative estimate of drug-likeness (QED) is 0.793. The summed E-state index contributed by atoms with van der Waals surface area (Å²) in [6, 6.07) is 7.79. The molecule has 0 bridgehead atoms. The van der Waals surface area contributed by atoms with Crippen molar-refractivity contribution in [1.82, 2.24) is 0 Å². The molecule has 0 radical (unpaired) electrons. The van der Waals surface area contributed by atoms with E-state index in [0.29, 0.717) is 18.6 Å². The van der Waals surface area contributed by atoms with Gasteiger partial charge in [0, 0.05) is 13.0 Å². The van der Waals surface area contributed by atoms with Gasteiger partial charge in [0.25, 0.3) is 0 Å². The predicted molar refractivity (Wildman–Crippen MR) is 55.3 cm³/mol. The fraction of sp³-hybridized carbons (Fsp3) is 0.417. The van der Waals surface area contributed by atoms with E-state index < -0.39 is 0 Å². The van der Waals surface area contributed by atoms with Crippen LogP contribution in [0.25, 0.3) is 0 Å². The molecule has 0 fully saturated rings. The minimum Gasteiger partial charge on any atom is -0.396 e. The molecule has 0 unspecified atom stereocenters. The van der Waals surface area contributed by atoms with E-state index in [1.165, 1.54) is 5.56 Å². The number of nitrogens with zero attached hydrogens (tertiary/aromatic N) is 1. The lowest BCUT2D eigenvalue weighted by molar-refractivity contribution is 0.0253. The molecule has 0 amide bonds. The molecule has 1 heterocycles. The summed E-state index contributed by atoms with van der Waals surface area (Å²) in [4.78, 5) is 0. The number of ether oxygens (including phenoxy) is 1. The summed E-state index contributed by atoms with van der Waals surface area (Å²) in [6.07, 6.45) is 1.47. The number of hydrogen-bond donors (Lipinski definition) is 1. The predicted octanol–water partition coefficient (Wildman–Crippen LogP) is 1.55. The Morgan fingerprint density at radius 3 is 3.13 bits per heavy atom. The van der Waals surface area contributed by atoms with Crippen LogP contribution in [0.1, 0.15) is 29.2 Å². The van der Waals surface area contributed by atoms with E-state index in [9.17, 15) is 0 Å². The third-order valence-electron chi connectivity index (χ3n) is 2.70. The fourth-order valence-corrected chi connectivity index (χ4v) is 1.96. The largest absolute Gasteiger partial charge is 0.396 e. The molecule has 1 atom stereocenters. The van der Waals surface area contributed by atoms with Gasteiger partial charge in [-0.15, -0.1) is 0 Å². The maximum atomic E-state index is 8.91. The van der Waals surface area contributed by atoms with Gasteiger partial charge < -0.3 is 9.84 Å². The van der Waals surface area contributed by atoms with Crippen LogP contribution in [-0.4, -0.2) is 18.3 Å². The van der Waals surface area contributed by atoms with E-state index in [1.54, 1.807) is 6.07 Å². The number of fused-ring (bicyclic) bond motifs is 1. The van der Waals surface area contributed by atoms with Crippen LogP contribution in [-0.2, 0) is 11.2 Å². The van der Waals surface area contributed by atoms with Crippen LogP contribution in [0.15, 0.2) is 18.2 Å². The van der Waals surface area contributed by atoms with Gasteiger partial charge in [0.05, 0.1) is 24.3 Å². The molecule has 15 heavy (non-hydrogen) atoms. The summed E-state index contributed by atoms with van der Waals surface area (Å²) in [5.74, 6) is 0. The van der Waals surface area contributed by atoms with Gasteiger partial charge in [-0.05, 0) is 29.7 Å². The first kappa shape index (κ1) is 10.2. The van der Waals surface area contributed by atoms with Crippen molar-refractivity contribution in [2.24, 2.45) is 0 Å². The van der Waals surface area contributed by atoms with Gasteiger partial charge in [0.2, 0.25) is 0 Å². The maximum Gasteiger partial charge on any atom is 0.0991 e. The number of rotatable bonds is 2. The van der Waals surface area contributed by atoms with Gasteiger partial charge in [-0.25, -0.2) is 0 Å². The molecule has 1 aromatic carbocycles. The van der Waals surface area contributed by atoms with Gasteiger partial charge >= 0.3 is 0 Å². The summed E-state index contributed by atoms with van der Waals surface area (Å²) in [6.45, 7) is 0.802. The van der Waals surface area contributed by atoms with Gasteiger partial charge in [0.1, 0.15) is 0 Å². The third-order valence-corrected chi connectivity index (χ3v) is 2.70. The van der Waals surface area contributed by atoms with Crippen LogP contribution in [0.3, 0.4) is 0 Å². The summed E-state index contributed by atoms with van der Waals surface area (Å²) >= 11 is 0. The number of aliphatic hydroxyl groups is 1. The normalized spacial score (nSPS) is 19.3. The van der Waals surface area contributed by atoms with Crippen molar-refractivity contribution in [1.29, 1.82) is 5.26 Å². The molecule has 0 saturated heterocycles. The Morgan fingerprint density at radius 2 is 2.40 bits per heavy atom. The summed E-state index contributed by atoms with van der Waals surface area (Å²) in [5.41, 5.74) is 2.99. The first-order valence-electron chi connectivity index (χ1n) is 5.10. The highest BCUT2D eigenvalue weighted by molar-refractivity contribution is 5.40. The molecule has 0 saturated carbocycles. The second-order valence-corrected chi connectivity index (χ2v) is 3.65. The van der Waals surface area contributed by atoms with Gasteiger partial charge in [-0.3, -0.25) is 0 Å². The van der Waals surface area contributed by atoms with Crippen molar-refractivity contribution in [3.63, 3.8) is 0 Å². The highest BCUT2D eigenvalue weighted by Crippen LogP contribution is 2.29. The summed E-state index contributed by atoms with van der Waals surface area (Å²) in [5, 5.41) is 17.7. The summed E-state index contributed by atoms with van der Waals surface area (Å²) < 4.78 is 5.58. The number of nitriles is 1. The molecule has 2 rings (SSSR count). The van der Waals surface area contributed by atoms with Crippen LogP contribution in [0.5, 0.6) is 0 Å². The Morgan fingerprint density at radius 1 is 1.53 bits per heavy atom. The van der Waals surface area contributed by atoms with Crippen LogP contribution in [0, 0.1) is 11.3 Å². The lowest BCUT2D eigenvalue weighted by Crippen LogP contribution is -2.17. The van der Waals surface area contributed by atoms with Crippen molar-refractivity contribution in [3.05, 3.63) is 34.9 Å². The standard InChI is InChI=1S/C12H13NO2/c13-8-9-1-2-11-10(7-9)4-6-15-12(11)3-5-14/h1-2,7,12,14H,3-6H2/t12-/m0/s1. The second kappa shape index (κ2) is 4.43. The molecule has 0 spiro atoms. The molecule has 1 aromatic rings. The Hall–Kier alpha value is -1.37. The molecule has 1 N–H and O–H groups in total. The molecule has 1 aliphatic rings. The zero-order valence-corrected chi connectivity index (χ0v) is 8.44. The van der Waals surface area contributed by atoms with Crippen molar-refractivity contribution in [2.75, 3.05) is 13.2 Å². The number of hydrogen-bond acceptors (Lipinski definition) is 3. The average Bonchev–Trinajstić information content (AvgIpc) is 2.29. The van der Waals surface area contributed by atoms with Crippen LogP contribution in [0.4, 0.5) is 0 Å². The summed E-state index contributed by atoms with van der Waals surface area (Å²) in [7, 11) is 0. The zero-order valence-electron chi connectivity index (χ0n) is 8.44. The Kier molecular flexibility index (Phi) is 3.00. The number of benzene rings is 1. The van der Waals surface area contributed by atoms with Crippen LogP contribution >= 0.6 is 0 Å². The van der Waals surface area contributed by atoms with Gasteiger partial charge in [-0.1, -0.05) is 6.07 Å². The minimum atomic E-state index is -0.00788. The topological polar surface area (TPSA) is 53.2 Å². The Balaban J connectivity index is 2.33. The van der Waals surface area contributed by atoms with Gasteiger partial charge in [-0.2, -0.15) is 5.26 Å². The molecule has 78 valence electrons.